The minimum Gasteiger partial charge on any atom is -0.300 e. The van der Waals surface area contributed by atoms with E-state index in [0.29, 0.717) is 29.7 Å². The Labute approximate surface area is 169 Å². The molecule has 2 aromatic rings. The Kier molecular flexibility index (Phi) is 5.46. The maximum atomic E-state index is 13.0. The predicted octanol–water partition coefficient (Wildman–Crippen LogP) is 3.48. The summed E-state index contributed by atoms with van der Waals surface area (Å²) in [5, 5.41) is 3.18. The van der Waals surface area contributed by atoms with E-state index in [1.807, 2.05) is 0 Å². The summed E-state index contributed by atoms with van der Waals surface area (Å²) in [5.74, 6) is 0.617. The molecule has 0 aromatic carbocycles. The minimum atomic E-state index is -3.32. The summed E-state index contributed by atoms with van der Waals surface area (Å²) in [5.41, 5.74) is 0.750. The maximum Gasteiger partial charge on any atom is 0.233 e. The molecule has 1 amide bonds. The van der Waals surface area contributed by atoms with Crippen molar-refractivity contribution in [2.45, 2.75) is 68.1 Å². The van der Waals surface area contributed by atoms with Gasteiger partial charge in [0.15, 0.2) is 14.9 Å². The zero-order valence-corrected chi connectivity index (χ0v) is 17.4. The number of amides is 1. The predicted molar refractivity (Wildman–Crippen MR) is 107 cm³/mol. The molecule has 2 aliphatic carbocycles. The Morgan fingerprint density at radius 3 is 2.57 bits per heavy atom. The minimum absolute atomic E-state index is 0.110. The second-order valence-corrected chi connectivity index (χ2v) is 10.7. The molecule has 2 heterocycles. The summed E-state index contributed by atoms with van der Waals surface area (Å²) in [6.45, 7) is 1.78. The van der Waals surface area contributed by atoms with Gasteiger partial charge in [-0.25, -0.2) is 18.4 Å². The van der Waals surface area contributed by atoms with Gasteiger partial charge < -0.3 is 5.32 Å². The average Bonchev–Trinajstić information content (AvgIpc) is 3.29. The van der Waals surface area contributed by atoms with Crippen molar-refractivity contribution >= 4 is 32.4 Å². The Balaban J connectivity index is 1.56. The molecular formula is C19H24N4O3S2. The van der Waals surface area contributed by atoms with Crippen molar-refractivity contribution in [3.63, 3.8) is 0 Å². The fraction of sp³-hybridized carbons (Fsp3) is 0.579. The van der Waals surface area contributed by atoms with Crippen LogP contribution in [0.4, 0.5) is 5.13 Å². The van der Waals surface area contributed by atoms with Gasteiger partial charge in [-0.15, -0.1) is 0 Å². The van der Waals surface area contributed by atoms with Gasteiger partial charge in [-0.05, 0) is 43.7 Å². The molecule has 0 saturated heterocycles. The first-order valence-corrected chi connectivity index (χ1v) is 12.1. The molecule has 0 spiro atoms. The van der Waals surface area contributed by atoms with E-state index in [2.05, 4.69) is 19.7 Å². The topological polar surface area (TPSA) is 102 Å². The van der Waals surface area contributed by atoms with Gasteiger partial charge in [0.05, 0.1) is 11.2 Å². The van der Waals surface area contributed by atoms with E-state index in [0.717, 1.165) is 36.4 Å². The molecular weight excluding hydrogens is 396 g/mol. The number of nitrogens with one attached hydrogen (secondary N) is 1. The summed E-state index contributed by atoms with van der Waals surface area (Å²) >= 11 is 1.16. The second-order valence-electron chi connectivity index (χ2n) is 7.75. The van der Waals surface area contributed by atoms with Crippen LogP contribution in [0.15, 0.2) is 23.4 Å². The number of hydrogen-bond donors (Lipinski definition) is 1. The van der Waals surface area contributed by atoms with Crippen molar-refractivity contribution in [1.82, 2.24) is 14.3 Å². The number of anilines is 1. The molecule has 150 valence electrons. The number of nitrogens with zero attached hydrogens (tertiary/aromatic N) is 3. The first-order chi connectivity index (χ1) is 13.4. The van der Waals surface area contributed by atoms with E-state index in [9.17, 15) is 13.2 Å². The Hall–Kier alpha value is -1.87. The molecule has 0 bridgehead atoms. The van der Waals surface area contributed by atoms with E-state index >= 15 is 0 Å². The number of carbonyl (C=O) groups is 1. The number of pyridine rings is 1. The lowest BCUT2D eigenvalue weighted by molar-refractivity contribution is -0.118. The largest absolute Gasteiger partial charge is 0.300 e. The normalized spacial score (nSPS) is 18.9. The number of aryl methyl sites for hydroxylation is 1. The molecule has 28 heavy (non-hydrogen) atoms. The van der Waals surface area contributed by atoms with Gasteiger partial charge in [0.1, 0.15) is 5.82 Å². The summed E-state index contributed by atoms with van der Waals surface area (Å²) in [4.78, 5) is 21.4. The number of sulfone groups is 1. The van der Waals surface area contributed by atoms with E-state index in [4.69, 9.17) is 0 Å². The lowest BCUT2D eigenvalue weighted by Crippen LogP contribution is -2.23. The van der Waals surface area contributed by atoms with Crippen molar-refractivity contribution in [2.24, 2.45) is 5.92 Å². The molecule has 9 heteroatoms. The van der Waals surface area contributed by atoms with Crippen LogP contribution in [0.25, 0.3) is 0 Å². The molecule has 0 aliphatic heterocycles. The summed E-state index contributed by atoms with van der Waals surface area (Å²) in [7, 11) is -3.32. The third-order valence-electron chi connectivity index (χ3n) is 5.53. The van der Waals surface area contributed by atoms with E-state index < -0.39 is 9.84 Å². The zero-order valence-electron chi connectivity index (χ0n) is 15.8. The lowest BCUT2D eigenvalue weighted by atomic mass is 9.88. The highest BCUT2D eigenvalue weighted by Gasteiger charge is 2.38. The number of aromatic nitrogens is 3. The quantitative estimate of drug-likeness (QED) is 0.736. The Morgan fingerprint density at radius 1 is 1.25 bits per heavy atom. The molecule has 1 atom stereocenters. The van der Waals surface area contributed by atoms with Crippen molar-refractivity contribution in [2.75, 3.05) is 5.32 Å². The molecule has 2 saturated carbocycles. The molecule has 0 radical (unpaired) electrons. The lowest BCUT2D eigenvalue weighted by Gasteiger charge is -2.20. The van der Waals surface area contributed by atoms with Gasteiger partial charge >= 0.3 is 0 Å². The van der Waals surface area contributed by atoms with Crippen molar-refractivity contribution in [3.05, 3.63) is 29.7 Å². The van der Waals surface area contributed by atoms with Gasteiger partial charge in [0, 0.05) is 17.7 Å². The monoisotopic (exact) mass is 420 g/mol. The van der Waals surface area contributed by atoms with Crippen LogP contribution in [0.2, 0.25) is 0 Å². The molecule has 2 aliphatic rings. The second kappa shape index (κ2) is 7.87. The van der Waals surface area contributed by atoms with Crippen molar-refractivity contribution in [1.29, 1.82) is 0 Å². The zero-order chi connectivity index (χ0) is 19.7. The average molecular weight is 421 g/mol. The highest BCUT2D eigenvalue weighted by Crippen LogP contribution is 2.36. The fourth-order valence-corrected chi connectivity index (χ4v) is 5.96. The molecule has 1 N–H and O–H groups in total. The van der Waals surface area contributed by atoms with Crippen LogP contribution in [-0.4, -0.2) is 33.9 Å². The van der Waals surface area contributed by atoms with E-state index in [1.165, 1.54) is 12.8 Å². The standard InChI is InChI=1S/C19H24N4O3S2/c1-12-21-19(27-23-12)22-18(24)16(10-13-4-2-3-5-13)14-6-9-17(20-11-14)28(25,26)15-7-8-15/h6,9,11,13,15-16H,2-5,7-8,10H2,1H3,(H,21,22,23,24). The van der Waals surface area contributed by atoms with Gasteiger partial charge in [0.25, 0.3) is 0 Å². The van der Waals surface area contributed by atoms with Crippen LogP contribution in [0.5, 0.6) is 0 Å². The van der Waals surface area contributed by atoms with Crippen LogP contribution >= 0.6 is 11.5 Å². The van der Waals surface area contributed by atoms with Crippen LogP contribution < -0.4 is 5.32 Å². The van der Waals surface area contributed by atoms with Gasteiger partial charge in [-0.1, -0.05) is 31.7 Å². The van der Waals surface area contributed by atoms with Crippen LogP contribution in [-0.2, 0) is 14.6 Å². The highest BCUT2D eigenvalue weighted by atomic mass is 32.2. The number of carbonyl (C=O) groups excluding carboxylic acids is 1. The van der Waals surface area contributed by atoms with Gasteiger partial charge in [0.2, 0.25) is 11.0 Å². The third kappa shape index (κ3) is 4.25. The fourth-order valence-electron chi connectivity index (χ4n) is 3.83. The van der Waals surface area contributed by atoms with E-state index in [-0.39, 0.29) is 22.1 Å². The smallest absolute Gasteiger partial charge is 0.233 e. The summed E-state index contributed by atoms with van der Waals surface area (Å²) < 4.78 is 28.9. The van der Waals surface area contributed by atoms with Crippen molar-refractivity contribution < 1.29 is 13.2 Å². The first kappa shape index (κ1) is 19.4. The van der Waals surface area contributed by atoms with Gasteiger partial charge in [-0.3, -0.25) is 4.79 Å². The number of rotatable bonds is 7. The van der Waals surface area contributed by atoms with Crippen LogP contribution in [0.3, 0.4) is 0 Å². The Morgan fingerprint density at radius 2 is 2.00 bits per heavy atom. The number of hydrogen-bond acceptors (Lipinski definition) is 7. The SMILES string of the molecule is Cc1nsc(NC(=O)C(CC2CCCC2)c2ccc(S(=O)(=O)C3CC3)nc2)n1. The van der Waals surface area contributed by atoms with Crippen LogP contribution in [0, 0.1) is 12.8 Å². The summed E-state index contributed by atoms with van der Waals surface area (Å²) in [6, 6.07) is 3.29. The molecule has 1 unspecified atom stereocenters. The Bertz CT molecular complexity index is 946. The molecule has 4 rings (SSSR count). The summed E-state index contributed by atoms with van der Waals surface area (Å²) in [6.07, 6.45) is 8.36. The van der Waals surface area contributed by atoms with E-state index in [1.54, 1.807) is 25.3 Å². The molecule has 2 fully saturated rings. The van der Waals surface area contributed by atoms with Gasteiger partial charge in [-0.2, -0.15) is 4.37 Å². The third-order valence-corrected chi connectivity index (χ3v) is 8.43. The maximum absolute atomic E-state index is 13.0. The molecule has 7 nitrogen and oxygen atoms in total. The first-order valence-electron chi connectivity index (χ1n) is 9.74. The molecule has 2 aromatic heterocycles. The van der Waals surface area contributed by atoms with Crippen LogP contribution in [0.1, 0.15) is 62.3 Å². The highest BCUT2D eigenvalue weighted by molar-refractivity contribution is 7.92. The van der Waals surface area contributed by atoms with Crippen molar-refractivity contribution in [3.8, 4) is 0 Å².